The molecule has 2 heterocycles. The molecule has 0 saturated heterocycles. The molecule has 0 fully saturated rings. The van der Waals surface area contributed by atoms with Crippen molar-refractivity contribution in [2.24, 2.45) is 0 Å². The fourth-order valence-corrected chi connectivity index (χ4v) is 5.34. The average Bonchev–Trinajstić information content (AvgIpc) is 2.83. The van der Waals surface area contributed by atoms with Crippen molar-refractivity contribution >= 4 is 21.5 Å². The van der Waals surface area contributed by atoms with Crippen molar-refractivity contribution in [1.82, 2.24) is 0 Å². The minimum Gasteiger partial charge on any atom is -0.448 e. The van der Waals surface area contributed by atoms with Crippen LogP contribution in [-0.4, -0.2) is 0 Å². The Kier molecular flexibility index (Phi) is 3.35. The summed E-state index contributed by atoms with van der Waals surface area (Å²) in [6.07, 6.45) is 0.753. The highest BCUT2D eigenvalue weighted by molar-refractivity contribution is 5.89. The van der Waals surface area contributed by atoms with Crippen molar-refractivity contribution in [3.8, 4) is 11.5 Å². The van der Waals surface area contributed by atoms with Crippen LogP contribution >= 0.6 is 0 Å². The highest BCUT2D eigenvalue weighted by atomic mass is 16.7. The molecule has 0 aromatic heterocycles. The molecule has 0 aliphatic carbocycles. The lowest BCUT2D eigenvalue weighted by Crippen LogP contribution is -2.46. The number of ether oxygens (including phenoxy) is 2. The van der Waals surface area contributed by atoms with Gasteiger partial charge in [0.15, 0.2) is 0 Å². The summed E-state index contributed by atoms with van der Waals surface area (Å²) in [5.74, 6) is 1.20. The van der Waals surface area contributed by atoms with E-state index in [9.17, 15) is 0 Å². The van der Waals surface area contributed by atoms with Gasteiger partial charge in [0.05, 0.1) is 0 Å². The van der Waals surface area contributed by atoms with Gasteiger partial charge in [-0.25, -0.2) is 0 Å². The molecule has 2 heteroatoms. The molecule has 2 aliphatic heterocycles. The zero-order valence-corrected chi connectivity index (χ0v) is 16.9. The van der Waals surface area contributed by atoms with Crippen LogP contribution in [0.3, 0.4) is 0 Å². The van der Waals surface area contributed by atoms with E-state index in [0.717, 1.165) is 23.5 Å². The molecule has 2 atom stereocenters. The van der Waals surface area contributed by atoms with Gasteiger partial charge in [-0.15, -0.1) is 0 Å². The highest BCUT2D eigenvalue weighted by Gasteiger charge is 2.50. The van der Waals surface area contributed by atoms with Gasteiger partial charge in [-0.05, 0) is 39.7 Å². The van der Waals surface area contributed by atoms with Crippen LogP contribution in [0, 0.1) is 0 Å². The predicted octanol–water partition coefficient (Wildman–Crippen LogP) is 7.15. The first-order valence-corrected chi connectivity index (χ1v) is 10.8. The second kappa shape index (κ2) is 6.12. The van der Waals surface area contributed by atoms with Crippen molar-refractivity contribution in [2.45, 2.75) is 18.1 Å². The van der Waals surface area contributed by atoms with Crippen molar-refractivity contribution < 1.29 is 9.47 Å². The van der Waals surface area contributed by atoms with Gasteiger partial charge < -0.3 is 9.47 Å². The summed E-state index contributed by atoms with van der Waals surface area (Å²) in [5, 5.41) is 4.92. The Bertz CT molecular complexity index is 1490. The third-order valence-corrected chi connectivity index (χ3v) is 6.79. The molecular weight excluding hydrogens is 380 g/mol. The first-order valence-electron chi connectivity index (χ1n) is 10.8. The van der Waals surface area contributed by atoms with Gasteiger partial charge in [0.2, 0.25) is 0 Å². The molecule has 7 rings (SSSR count). The normalized spacial score (nSPS) is 21.1. The molecule has 2 aliphatic rings. The van der Waals surface area contributed by atoms with E-state index in [2.05, 4.69) is 97.1 Å². The van der Waals surface area contributed by atoms with Gasteiger partial charge in [-0.1, -0.05) is 84.9 Å². The number of para-hydroxylation sites is 1. The van der Waals surface area contributed by atoms with Crippen LogP contribution in [0.4, 0.5) is 0 Å². The predicted molar refractivity (Wildman–Crippen MR) is 124 cm³/mol. The van der Waals surface area contributed by atoms with E-state index >= 15 is 0 Å². The van der Waals surface area contributed by atoms with Crippen molar-refractivity contribution in [1.29, 1.82) is 0 Å². The van der Waals surface area contributed by atoms with Crippen LogP contribution in [0.15, 0.2) is 103 Å². The van der Waals surface area contributed by atoms with Gasteiger partial charge in [0, 0.05) is 29.0 Å². The molecule has 0 amide bonds. The first kappa shape index (κ1) is 17.0. The minimum atomic E-state index is -0.835. The van der Waals surface area contributed by atoms with E-state index in [-0.39, 0.29) is 5.92 Å². The maximum atomic E-state index is 6.77. The third-order valence-electron chi connectivity index (χ3n) is 6.79. The maximum absolute atomic E-state index is 6.77. The smallest absolute Gasteiger partial charge is 0.278 e. The molecule has 31 heavy (non-hydrogen) atoms. The topological polar surface area (TPSA) is 18.5 Å². The lowest BCUT2D eigenvalue weighted by atomic mass is 9.76. The van der Waals surface area contributed by atoms with Gasteiger partial charge >= 0.3 is 0 Å². The largest absolute Gasteiger partial charge is 0.448 e. The van der Waals surface area contributed by atoms with Crippen LogP contribution in [0.5, 0.6) is 11.5 Å². The maximum Gasteiger partial charge on any atom is 0.278 e. The van der Waals surface area contributed by atoms with E-state index in [0.29, 0.717) is 0 Å². The van der Waals surface area contributed by atoms with Crippen molar-refractivity contribution in [2.75, 3.05) is 0 Å². The molecule has 0 radical (unpaired) electrons. The summed E-state index contributed by atoms with van der Waals surface area (Å²) in [6, 6.07) is 36.2. The van der Waals surface area contributed by atoms with Crippen LogP contribution in [-0.2, 0) is 5.79 Å². The molecule has 0 N–H and O–H groups in total. The molecule has 5 aromatic rings. The highest BCUT2D eigenvalue weighted by Crippen LogP contribution is 2.56. The lowest BCUT2D eigenvalue weighted by molar-refractivity contribution is -0.148. The average molecular weight is 400 g/mol. The molecule has 2 bridgehead atoms. The number of hydrogen-bond donors (Lipinski definition) is 0. The third kappa shape index (κ3) is 2.39. The summed E-state index contributed by atoms with van der Waals surface area (Å²) in [7, 11) is 0. The molecule has 0 unspecified atom stereocenters. The monoisotopic (exact) mass is 400 g/mol. The molecule has 5 aromatic carbocycles. The van der Waals surface area contributed by atoms with E-state index in [4.69, 9.17) is 9.47 Å². The molecule has 0 saturated carbocycles. The first-order chi connectivity index (χ1) is 15.3. The molecule has 0 spiro atoms. The SMILES string of the molecule is c1ccc2c(c1)O[C@]1(c3ccc4ccccc4c3)C[C@H]2c2c(ccc3ccccc23)O1. The zero-order valence-electron chi connectivity index (χ0n) is 16.9. The standard InChI is InChI=1S/C29H20O2/c1-2-9-21-17-22(15-13-19(21)7-1)29-18-25(24-11-5-6-12-26(24)30-29)28-23-10-4-3-8-20(23)14-16-27(28)31-29/h1-17,25H,18H2/t25-,29-/m1/s1. The number of fused-ring (bicyclic) bond motifs is 9. The van der Waals surface area contributed by atoms with Gasteiger partial charge in [0.25, 0.3) is 5.79 Å². The van der Waals surface area contributed by atoms with Crippen molar-refractivity contribution in [3.05, 3.63) is 120 Å². The lowest BCUT2D eigenvalue weighted by Gasteiger charge is -2.46. The summed E-state index contributed by atoms with van der Waals surface area (Å²) in [6.45, 7) is 0. The van der Waals surface area contributed by atoms with E-state index in [1.807, 2.05) is 6.07 Å². The van der Waals surface area contributed by atoms with E-state index in [1.165, 1.54) is 32.7 Å². The fourth-order valence-electron chi connectivity index (χ4n) is 5.34. The summed E-state index contributed by atoms with van der Waals surface area (Å²) >= 11 is 0. The molecule has 2 nitrogen and oxygen atoms in total. The summed E-state index contributed by atoms with van der Waals surface area (Å²) in [5.41, 5.74) is 3.56. The van der Waals surface area contributed by atoms with Crippen LogP contribution in [0.2, 0.25) is 0 Å². The molecular formula is C29H20O2. The number of hydrogen-bond acceptors (Lipinski definition) is 2. The Morgan fingerprint density at radius 1 is 0.613 bits per heavy atom. The van der Waals surface area contributed by atoms with E-state index in [1.54, 1.807) is 0 Å². The van der Waals surface area contributed by atoms with Crippen LogP contribution < -0.4 is 9.47 Å². The quantitative estimate of drug-likeness (QED) is 0.297. The van der Waals surface area contributed by atoms with Gasteiger partial charge in [-0.3, -0.25) is 0 Å². The van der Waals surface area contributed by atoms with Crippen LogP contribution in [0.1, 0.15) is 29.0 Å². The fraction of sp³-hybridized carbons (Fsp3) is 0.103. The van der Waals surface area contributed by atoms with E-state index < -0.39 is 5.79 Å². The summed E-state index contributed by atoms with van der Waals surface area (Å²) < 4.78 is 13.4. The second-order valence-electron chi connectivity index (χ2n) is 8.51. The van der Waals surface area contributed by atoms with Gasteiger partial charge in [0.1, 0.15) is 11.5 Å². The summed E-state index contributed by atoms with van der Waals surface area (Å²) in [4.78, 5) is 0. The Labute approximate surface area is 180 Å². The molecule has 148 valence electrons. The van der Waals surface area contributed by atoms with Crippen LogP contribution in [0.25, 0.3) is 21.5 Å². The van der Waals surface area contributed by atoms with Crippen molar-refractivity contribution in [3.63, 3.8) is 0 Å². The number of benzene rings is 5. The Hall–Kier alpha value is -3.78. The zero-order chi connectivity index (χ0) is 20.4. The Morgan fingerprint density at radius 2 is 1.32 bits per heavy atom. The Morgan fingerprint density at radius 3 is 2.26 bits per heavy atom. The number of rotatable bonds is 1. The Balaban J connectivity index is 1.51. The van der Waals surface area contributed by atoms with Gasteiger partial charge in [-0.2, -0.15) is 0 Å². The minimum absolute atomic E-state index is 0.214. The second-order valence-corrected chi connectivity index (χ2v) is 8.51.